The van der Waals surface area contributed by atoms with Gasteiger partial charge in [-0.2, -0.15) is 11.8 Å². The Bertz CT molecular complexity index is 809. The lowest BCUT2D eigenvalue weighted by atomic mass is 9.97. The predicted octanol–water partition coefficient (Wildman–Crippen LogP) is 4.84. The summed E-state index contributed by atoms with van der Waals surface area (Å²) < 4.78 is 5.40. The molecular formula is C26H43N3O4S. The van der Waals surface area contributed by atoms with E-state index >= 15 is 0 Å². The summed E-state index contributed by atoms with van der Waals surface area (Å²) >= 11 is 1.59. The van der Waals surface area contributed by atoms with Crippen LogP contribution in [0.25, 0.3) is 0 Å². The van der Waals surface area contributed by atoms with Crippen LogP contribution in [0.1, 0.15) is 78.0 Å². The molecule has 0 aliphatic rings. The minimum absolute atomic E-state index is 0.00926. The zero-order valence-corrected chi connectivity index (χ0v) is 22.9. The van der Waals surface area contributed by atoms with Gasteiger partial charge in [-0.1, -0.05) is 37.6 Å². The Labute approximate surface area is 209 Å². The Morgan fingerprint density at radius 3 is 2.26 bits per heavy atom. The first-order valence-corrected chi connectivity index (χ1v) is 13.5. The first kappa shape index (κ1) is 29.8. The van der Waals surface area contributed by atoms with Gasteiger partial charge in [0.05, 0.1) is 0 Å². The number of hydrogen-bond acceptors (Lipinski definition) is 5. The third-order valence-electron chi connectivity index (χ3n) is 5.38. The fourth-order valence-electron chi connectivity index (χ4n) is 3.78. The lowest BCUT2D eigenvalue weighted by Crippen LogP contribution is -2.53. The summed E-state index contributed by atoms with van der Waals surface area (Å²) in [6.07, 6.45) is 3.54. The van der Waals surface area contributed by atoms with E-state index in [1.54, 1.807) is 37.4 Å². The maximum atomic E-state index is 13.8. The van der Waals surface area contributed by atoms with Crippen molar-refractivity contribution in [3.8, 4) is 0 Å². The van der Waals surface area contributed by atoms with Crippen LogP contribution in [-0.4, -0.2) is 59.0 Å². The van der Waals surface area contributed by atoms with Crippen LogP contribution in [0, 0.1) is 6.92 Å². The van der Waals surface area contributed by atoms with E-state index in [0.717, 1.165) is 24.0 Å². The Kier molecular flexibility index (Phi) is 12.5. The number of carbonyl (C=O) groups excluding carboxylic acids is 3. The second-order valence-corrected chi connectivity index (χ2v) is 10.5. The largest absolute Gasteiger partial charge is 0.444 e. The Morgan fingerprint density at radius 1 is 1.09 bits per heavy atom. The number of aryl methyl sites for hydroxylation is 1. The summed E-state index contributed by atoms with van der Waals surface area (Å²) in [7, 11) is 0. The van der Waals surface area contributed by atoms with Crippen molar-refractivity contribution in [1.29, 1.82) is 0 Å². The molecule has 0 saturated carbocycles. The van der Waals surface area contributed by atoms with Crippen LogP contribution in [0.4, 0.5) is 4.79 Å². The van der Waals surface area contributed by atoms with Gasteiger partial charge in [-0.25, -0.2) is 4.79 Å². The average Bonchev–Trinajstić information content (AvgIpc) is 2.74. The number of ether oxygens (including phenoxy) is 1. The number of benzene rings is 1. The van der Waals surface area contributed by atoms with Crippen molar-refractivity contribution >= 4 is 29.7 Å². The molecule has 0 aromatic heterocycles. The van der Waals surface area contributed by atoms with Crippen LogP contribution in [0.3, 0.4) is 0 Å². The average molecular weight is 494 g/mol. The molecule has 0 saturated heterocycles. The van der Waals surface area contributed by atoms with E-state index in [1.807, 2.05) is 51.3 Å². The van der Waals surface area contributed by atoms with Gasteiger partial charge in [0, 0.05) is 12.6 Å². The van der Waals surface area contributed by atoms with Gasteiger partial charge in [0.1, 0.15) is 17.7 Å². The quantitative estimate of drug-likeness (QED) is 0.435. The Morgan fingerprint density at radius 2 is 1.74 bits per heavy atom. The second kappa shape index (κ2) is 14.2. The summed E-state index contributed by atoms with van der Waals surface area (Å²) in [6, 6.07) is 6.01. The SMILES string of the molecule is CCCC(C)NC(=O)C(c1ccccc1C)N(CC)C(=O)C(CCSC)NC(=O)OC(C)(C)C. The number of nitrogens with zero attached hydrogens (tertiary/aromatic N) is 1. The molecule has 3 amide bonds. The third-order valence-corrected chi connectivity index (χ3v) is 6.02. The number of amides is 3. The van der Waals surface area contributed by atoms with Gasteiger partial charge in [-0.3, -0.25) is 9.59 Å². The molecule has 3 atom stereocenters. The number of nitrogens with one attached hydrogen (secondary N) is 2. The summed E-state index contributed by atoms with van der Waals surface area (Å²) in [5.41, 5.74) is 1.03. The van der Waals surface area contributed by atoms with Crippen molar-refractivity contribution < 1.29 is 19.1 Å². The molecule has 1 aromatic rings. The molecule has 0 fully saturated rings. The number of rotatable bonds is 12. The highest BCUT2D eigenvalue weighted by Crippen LogP contribution is 2.26. The van der Waals surface area contributed by atoms with Crippen LogP contribution in [0.2, 0.25) is 0 Å². The van der Waals surface area contributed by atoms with Crippen molar-refractivity contribution in [2.45, 2.75) is 91.5 Å². The molecule has 2 N–H and O–H groups in total. The highest BCUT2D eigenvalue weighted by molar-refractivity contribution is 7.98. The van der Waals surface area contributed by atoms with Crippen LogP contribution in [0.5, 0.6) is 0 Å². The van der Waals surface area contributed by atoms with Crippen molar-refractivity contribution in [2.75, 3.05) is 18.6 Å². The predicted molar refractivity (Wildman–Crippen MR) is 140 cm³/mol. The maximum Gasteiger partial charge on any atom is 0.408 e. The third kappa shape index (κ3) is 9.57. The standard InChI is InChI=1S/C26H43N3O4S/c1-9-13-19(4)27-23(30)22(20-15-12-11-14-18(20)3)29(10-2)24(31)21(16-17-34-8)28-25(32)33-26(5,6)7/h11-12,14-15,19,21-22H,9-10,13,16-17H2,1-8H3,(H,27,30)(H,28,32). The van der Waals surface area contributed by atoms with E-state index in [-0.39, 0.29) is 17.9 Å². The molecule has 8 heteroatoms. The first-order valence-electron chi connectivity index (χ1n) is 12.1. The van der Waals surface area contributed by atoms with Gasteiger partial charge in [0.15, 0.2) is 0 Å². The molecule has 34 heavy (non-hydrogen) atoms. The van der Waals surface area contributed by atoms with Crippen molar-refractivity contribution in [2.24, 2.45) is 0 Å². The lowest BCUT2D eigenvalue weighted by molar-refractivity contribution is -0.142. The van der Waals surface area contributed by atoms with Gasteiger partial charge in [-0.15, -0.1) is 0 Å². The number of thioether (sulfide) groups is 1. The topological polar surface area (TPSA) is 87.7 Å². The van der Waals surface area contributed by atoms with Crippen molar-refractivity contribution in [3.63, 3.8) is 0 Å². The van der Waals surface area contributed by atoms with Gasteiger partial charge < -0.3 is 20.3 Å². The summed E-state index contributed by atoms with van der Waals surface area (Å²) in [5.74, 6) is 0.165. The van der Waals surface area contributed by atoms with E-state index in [1.165, 1.54) is 0 Å². The monoisotopic (exact) mass is 493 g/mol. The maximum absolute atomic E-state index is 13.8. The highest BCUT2D eigenvalue weighted by atomic mass is 32.2. The number of carbonyl (C=O) groups is 3. The molecule has 1 aromatic carbocycles. The summed E-state index contributed by atoms with van der Waals surface area (Å²) in [5, 5.41) is 5.83. The second-order valence-electron chi connectivity index (χ2n) is 9.56. The summed E-state index contributed by atoms with van der Waals surface area (Å²) in [4.78, 5) is 41.4. The molecule has 192 valence electrons. The van der Waals surface area contributed by atoms with Crippen molar-refractivity contribution in [3.05, 3.63) is 35.4 Å². The van der Waals surface area contributed by atoms with E-state index < -0.39 is 23.8 Å². The van der Waals surface area contributed by atoms with E-state index in [0.29, 0.717) is 18.7 Å². The minimum atomic E-state index is -0.797. The molecule has 0 bridgehead atoms. The van der Waals surface area contributed by atoms with Crippen molar-refractivity contribution in [1.82, 2.24) is 15.5 Å². The molecule has 0 heterocycles. The number of alkyl carbamates (subject to hydrolysis) is 1. The van der Waals surface area contributed by atoms with Crippen LogP contribution in [0.15, 0.2) is 24.3 Å². The molecule has 7 nitrogen and oxygen atoms in total. The van der Waals surface area contributed by atoms with E-state index in [4.69, 9.17) is 4.74 Å². The molecule has 0 aliphatic heterocycles. The minimum Gasteiger partial charge on any atom is -0.444 e. The molecule has 3 unspecified atom stereocenters. The number of likely N-dealkylation sites (N-methyl/N-ethyl adjacent to an activating group) is 1. The zero-order valence-electron chi connectivity index (χ0n) is 22.1. The molecule has 0 spiro atoms. The Balaban J connectivity index is 3.33. The lowest BCUT2D eigenvalue weighted by Gasteiger charge is -2.35. The first-order chi connectivity index (χ1) is 15.9. The molecule has 1 rings (SSSR count). The smallest absolute Gasteiger partial charge is 0.408 e. The molecular weight excluding hydrogens is 450 g/mol. The zero-order chi connectivity index (χ0) is 25.9. The highest BCUT2D eigenvalue weighted by Gasteiger charge is 2.36. The van der Waals surface area contributed by atoms with E-state index in [2.05, 4.69) is 17.6 Å². The van der Waals surface area contributed by atoms with Crippen LogP contribution >= 0.6 is 11.8 Å². The van der Waals surface area contributed by atoms with Gasteiger partial charge in [0.25, 0.3) is 0 Å². The fraction of sp³-hybridized carbons (Fsp3) is 0.654. The fourth-order valence-corrected chi connectivity index (χ4v) is 4.25. The Hall–Kier alpha value is -2.22. The van der Waals surface area contributed by atoms with Gasteiger partial charge in [0.2, 0.25) is 11.8 Å². The van der Waals surface area contributed by atoms with Crippen LogP contribution < -0.4 is 10.6 Å². The molecule has 0 aliphatic carbocycles. The van der Waals surface area contributed by atoms with Gasteiger partial charge >= 0.3 is 6.09 Å². The normalized spacial score (nSPS) is 14.0. The van der Waals surface area contributed by atoms with Crippen LogP contribution in [-0.2, 0) is 14.3 Å². The summed E-state index contributed by atoms with van der Waals surface area (Å²) in [6.45, 7) is 13.5. The van der Waals surface area contributed by atoms with Gasteiger partial charge in [-0.05, 0) is 77.5 Å². The van der Waals surface area contributed by atoms with E-state index in [9.17, 15) is 14.4 Å². The number of hydrogen-bond donors (Lipinski definition) is 2. The molecule has 0 radical (unpaired) electrons.